The molecule has 2 aromatic rings. The highest BCUT2D eigenvalue weighted by Crippen LogP contribution is 2.57. The van der Waals surface area contributed by atoms with E-state index >= 15 is 0 Å². The first kappa shape index (κ1) is 50.4. The van der Waals surface area contributed by atoms with Crippen molar-refractivity contribution in [2.75, 3.05) is 39.3 Å². The number of carbonyl (C=O) groups excluding carboxylic acids is 1. The second-order valence-corrected chi connectivity index (χ2v) is 26.8. The number of hydrogen-bond donors (Lipinski definition) is 6. The predicted molar refractivity (Wildman–Crippen MR) is 283 cm³/mol. The molecule has 2 aromatic carbocycles. The van der Waals surface area contributed by atoms with E-state index in [4.69, 9.17) is 26.1 Å². The van der Waals surface area contributed by atoms with Gasteiger partial charge in [-0.3, -0.25) is 35.5 Å². The van der Waals surface area contributed by atoms with Gasteiger partial charge in [0.05, 0.1) is 46.4 Å². The number of fused-ring (bicyclic) bond motifs is 3. The highest BCUT2D eigenvalue weighted by atomic mass is 35.5. The Morgan fingerprint density at radius 1 is 1.00 bits per heavy atom. The summed E-state index contributed by atoms with van der Waals surface area (Å²) >= 11 is 8.51. The van der Waals surface area contributed by atoms with E-state index < -0.39 is 0 Å². The van der Waals surface area contributed by atoms with E-state index in [1.165, 1.54) is 74.6 Å². The molecule has 15 heteroatoms. The first-order valence-corrected chi connectivity index (χ1v) is 28.7. The van der Waals surface area contributed by atoms with Crippen LogP contribution < -0.4 is 36.9 Å². The smallest absolute Gasteiger partial charge is 0.225 e. The molecule has 8 atom stereocenters. The van der Waals surface area contributed by atoms with Crippen molar-refractivity contribution in [3.8, 4) is 11.8 Å². The number of benzene rings is 2. The molecule has 11 rings (SSSR count). The lowest BCUT2D eigenvalue weighted by Gasteiger charge is -2.63. The van der Waals surface area contributed by atoms with E-state index in [2.05, 4.69) is 132 Å². The molecule has 3 aliphatic carbocycles. The number of aliphatic imine (C=N–C) groups is 1. The second-order valence-electron chi connectivity index (χ2n) is 24.9. The van der Waals surface area contributed by atoms with Crippen LogP contribution in [0.15, 0.2) is 47.5 Å². The molecule has 0 aromatic heterocycles. The van der Waals surface area contributed by atoms with E-state index in [0.717, 1.165) is 39.1 Å². The van der Waals surface area contributed by atoms with Gasteiger partial charge in [0.1, 0.15) is 30.4 Å². The SMILES string of the molecule is CC1SC2C(C(c3ccc(CC4CC5(CCCN(C6NCC(C(=O)NC7C(C)(C)C(Oc8ccc(C#N)c(Cl)c8)C7(C)C)CN6)C5)C4)cc3)=N[C@@H](CC3NCCO3)C3NNC(C)(C4CCCCC4)N23)C1C. The fourth-order valence-corrected chi connectivity index (χ4v) is 17.9. The Hall–Kier alpha value is -2.81. The number of hydrogen-bond acceptors (Lipinski definition) is 13. The molecule has 71 heavy (non-hydrogen) atoms. The summed E-state index contributed by atoms with van der Waals surface area (Å²) in [6, 6.07) is 17.0. The first-order valence-electron chi connectivity index (χ1n) is 27.4. The summed E-state index contributed by atoms with van der Waals surface area (Å²) in [5.41, 5.74) is 11.9. The van der Waals surface area contributed by atoms with Crippen molar-refractivity contribution >= 4 is 35.0 Å². The number of carbonyl (C=O) groups is 1. The van der Waals surface area contributed by atoms with Gasteiger partial charge >= 0.3 is 0 Å². The van der Waals surface area contributed by atoms with E-state index in [1.54, 1.807) is 18.2 Å². The van der Waals surface area contributed by atoms with Crippen LogP contribution in [0.3, 0.4) is 0 Å². The average molecular weight is 1010 g/mol. The Bertz CT molecular complexity index is 2320. The van der Waals surface area contributed by atoms with Crippen LogP contribution in [0.1, 0.15) is 129 Å². The van der Waals surface area contributed by atoms with Crippen molar-refractivity contribution in [2.24, 2.45) is 50.8 Å². The topological polar surface area (TPSA) is 150 Å². The Balaban J connectivity index is 0.696. The number of likely N-dealkylation sites (tertiary alicyclic amines) is 1. The number of nitriles is 1. The molecule has 1 spiro atoms. The molecular formula is C56H81ClN10O3S. The highest BCUT2D eigenvalue weighted by molar-refractivity contribution is 8.00. The minimum absolute atomic E-state index is 0.0293. The van der Waals surface area contributed by atoms with Crippen LogP contribution >= 0.6 is 23.4 Å². The van der Waals surface area contributed by atoms with Crippen LogP contribution in [0.2, 0.25) is 5.02 Å². The van der Waals surface area contributed by atoms with Crippen LogP contribution in [0.5, 0.6) is 5.75 Å². The number of rotatable bonds is 11. The summed E-state index contributed by atoms with van der Waals surface area (Å²) in [7, 11) is 0. The molecule has 5 saturated heterocycles. The third-order valence-corrected chi connectivity index (χ3v) is 21.4. The normalized spacial score (nSPS) is 38.0. The number of halogens is 1. The largest absolute Gasteiger partial charge is 0.489 e. The summed E-state index contributed by atoms with van der Waals surface area (Å²) < 4.78 is 12.7. The molecule has 0 radical (unpaired) electrons. The number of amides is 1. The van der Waals surface area contributed by atoms with Crippen LogP contribution in [-0.4, -0.2) is 114 Å². The van der Waals surface area contributed by atoms with Crippen LogP contribution in [0.4, 0.5) is 0 Å². The van der Waals surface area contributed by atoms with E-state index in [-0.39, 0.29) is 65.2 Å². The maximum atomic E-state index is 13.8. The van der Waals surface area contributed by atoms with Crippen molar-refractivity contribution in [2.45, 2.75) is 172 Å². The zero-order chi connectivity index (χ0) is 49.5. The zero-order valence-corrected chi connectivity index (χ0v) is 44.9. The van der Waals surface area contributed by atoms with Crippen molar-refractivity contribution < 1.29 is 14.3 Å². The summed E-state index contributed by atoms with van der Waals surface area (Å²) in [5.74, 6) is 2.72. The number of piperidine rings is 1. The van der Waals surface area contributed by atoms with E-state index in [0.29, 0.717) is 69.1 Å². The van der Waals surface area contributed by atoms with Gasteiger partial charge in [-0.1, -0.05) is 96.7 Å². The summed E-state index contributed by atoms with van der Waals surface area (Å²) in [6.07, 6.45) is 13.7. The molecular weight excluding hydrogens is 928 g/mol. The maximum Gasteiger partial charge on any atom is 0.225 e. The molecule has 6 aliphatic heterocycles. The number of nitrogens with one attached hydrogen (secondary N) is 6. The lowest BCUT2D eigenvalue weighted by Crippen LogP contribution is -2.75. The molecule has 9 aliphatic rings. The molecule has 0 bridgehead atoms. The van der Waals surface area contributed by atoms with Gasteiger partial charge in [0.15, 0.2) is 0 Å². The summed E-state index contributed by atoms with van der Waals surface area (Å²) in [4.78, 5) is 25.2. The molecule has 386 valence electrons. The van der Waals surface area contributed by atoms with Gasteiger partial charge in [-0.15, -0.1) is 11.8 Å². The van der Waals surface area contributed by atoms with Gasteiger partial charge in [-0.2, -0.15) is 5.26 Å². The highest BCUT2D eigenvalue weighted by Gasteiger charge is 2.65. The summed E-state index contributed by atoms with van der Waals surface area (Å²) in [6.45, 7) is 21.2. The molecule has 1 amide bonds. The molecule has 6 N–H and O–H groups in total. The number of nitrogens with zero attached hydrogens (tertiary/aromatic N) is 4. The van der Waals surface area contributed by atoms with Crippen molar-refractivity contribution in [1.82, 2.24) is 41.9 Å². The quantitative estimate of drug-likeness (QED) is 0.132. The third kappa shape index (κ3) is 9.30. The summed E-state index contributed by atoms with van der Waals surface area (Å²) in [5, 5.41) is 25.1. The van der Waals surface area contributed by atoms with Crippen LogP contribution in [0.25, 0.3) is 0 Å². The van der Waals surface area contributed by atoms with Crippen LogP contribution in [-0.2, 0) is 16.0 Å². The van der Waals surface area contributed by atoms with E-state index in [9.17, 15) is 10.1 Å². The lowest BCUT2D eigenvalue weighted by molar-refractivity contribution is -0.175. The Morgan fingerprint density at radius 3 is 2.44 bits per heavy atom. The first-order chi connectivity index (χ1) is 34.1. The van der Waals surface area contributed by atoms with Gasteiger partial charge in [0.25, 0.3) is 0 Å². The molecule has 8 fully saturated rings. The second kappa shape index (κ2) is 19.7. The number of hydrazine groups is 1. The van der Waals surface area contributed by atoms with Crippen molar-refractivity contribution in [1.29, 1.82) is 5.26 Å². The minimum Gasteiger partial charge on any atom is -0.489 e. The third-order valence-electron chi connectivity index (χ3n) is 19.4. The minimum atomic E-state index is -0.304. The molecule has 7 unspecified atom stereocenters. The lowest BCUT2D eigenvalue weighted by atomic mass is 9.49. The van der Waals surface area contributed by atoms with E-state index in [1.807, 2.05) is 0 Å². The van der Waals surface area contributed by atoms with Crippen molar-refractivity contribution in [3.63, 3.8) is 0 Å². The van der Waals surface area contributed by atoms with Crippen LogP contribution in [0, 0.1) is 57.2 Å². The predicted octanol–water partition coefficient (Wildman–Crippen LogP) is 7.59. The Kier molecular flexibility index (Phi) is 14.0. The average Bonchev–Trinajstić information content (AvgIpc) is 4.06. The molecule has 3 saturated carbocycles. The van der Waals surface area contributed by atoms with Gasteiger partial charge in [-0.25, -0.2) is 10.9 Å². The fraction of sp³-hybridized carbons (Fsp3) is 0.732. The van der Waals surface area contributed by atoms with Gasteiger partial charge in [0.2, 0.25) is 5.91 Å². The Labute approximate surface area is 432 Å². The van der Waals surface area contributed by atoms with Gasteiger partial charge < -0.3 is 14.8 Å². The van der Waals surface area contributed by atoms with Crippen molar-refractivity contribution in [3.05, 3.63) is 64.2 Å². The fourth-order valence-electron chi connectivity index (χ4n) is 15.8. The monoisotopic (exact) mass is 1010 g/mol. The number of thioether (sulfide) groups is 1. The molecule has 6 heterocycles. The standard InChI is InChI=1S/C56H81ClN10O3S/c1-33-34(2)71-49-45(33)46(62-43(26-44-59-21-23-69-44)47-64-65-55(7,67(47)49)40-12-9-8-10-13-40)37-16-14-35(15-17-37)24-36-27-56(28-36)20-11-22-66(32-56)52-60-30-39(31-61-52)48(68)63-50-53(3,4)51(54(50,5)6)70-41-19-18-38(29-58)42(57)25-41/h14-19,25,33-34,36,39-40,43-45,47,49-52,59-61,64-65H,8-13,20-24,26-28,30-32H2,1-7H3,(H,63,68)/t33?,34?,36?,39?,43-,44?,45?,47?,49?,50?,51?,52?,55?,56?/m0/s1. The van der Waals surface area contributed by atoms with Gasteiger partial charge in [0, 0.05) is 79.0 Å². The molecule has 13 nitrogen and oxygen atoms in total. The van der Waals surface area contributed by atoms with Gasteiger partial charge in [-0.05, 0) is 98.3 Å². The zero-order valence-electron chi connectivity index (χ0n) is 43.4. The Morgan fingerprint density at radius 2 is 1.75 bits per heavy atom. The maximum absolute atomic E-state index is 13.8. The number of ether oxygens (including phenoxy) is 2.